The zero-order valence-electron chi connectivity index (χ0n) is 11.7. The minimum Gasteiger partial charge on any atom is -0.356 e. The van der Waals surface area contributed by atoms with Gasteiger partial charge in [0.1, 0.15) is 6.04 Å². The van der Waals surface area contributed by atoms with Crippen LogP contribution < -0.4 is 10.2 Å². The van der Waals surface area contributed by atoms with Gasteiger partial charge in [-0.15, -0.1) is 0 Å². The Morgan fingerprint density at radius 1 is 1.55 bits per heavy atom. The van der Waals surface area contributed by atoms with Crippen LogP contribution in [0.25, 0.3) is 0 Å². The summed E-state index contributed by atoms with van der Waals surface area (Å²) in [6.07, 6.45) is 1.08. The van der Waals surface area contributed by atoms with E-state index in [0.29, 0.717) is 6.54 Å². The van der Waals surface area contributed by atoms with Crippen molar-refractivity contribution in [3.8, 4) is 6.07 Å². The molecule has 0 spiro atoms. The second-order valence-electron chi connectivity index (χ2n) is 5.14. The largest absolute Gasteiger partial charge is 0.356 e. The van der Waals surface area contributed by atoms with Crippen LogP contribution in [0.4, 0.5) is 5.69 Å². The number of hydrogen-bond acceptors (Lipinski definition) is 3. The van der Waals surface area contributed by atoms with Gasteiger partial charge in [0.25, 0.3) is 0 Å². The highest BCUT2D eigenvalue weighted by molar-refractivity contribution is 9.10. The number of hydrogen-bond donors (Lipinski definition) is 1. The zero-order valence-corrected chi connectivity index (χ0v) is 13.3. The Morgan fingerprint density at radius 2 is 2.30 bits per heavy atom. The highest BCUT2D eigenvalue weighted by Gasteiger charge is 2.32. The Kier molecular flexibility index (Phi) is 4.66. The molecule has 1 amide bonds. The average molecular weight is 336 g/mol. The minimum absolute atomic E-state index is 0.0572. The van der Waals surface area contributed by atoms with Gasteiger partial charge in [0.2, 0.25) is 5.91 Å². The summed E-state index contributed by atoms with van der Waals surface area (Å²) in [6.45, 7) is 4.79. The molecule has 0 bridgehead atoms. The second kappa shape index (κ2) is 6.27. The summed E-state index contributed by atoms with van der Waals surface area (Å²) in [5.74, 6) is -0.0572. The minimum atomic E-state index is -0.419. The number of halogens is 1. The fourth-order valence-corrected chi connectivity index (χ4v) is 3.16. The summed E-state index contributed by atoms with van der Waals surface area (Å²) >= 11 is 3.46. The number of carbonyl (C=O) groups excluding carboxylic acids is 1. The molecule has 1 aliphatic heterocycles. The number of nitrogens with one attached hydrogen (secondary N) is 1. The van der Waals surface area contributed by atoms with Gasteiger partial charge >= 0.3 is 0 Å². The molecule has 0 saturated carbocycles. The molecule has 0 aliphatic carbocycles. The predicted molar refractivity (Wildman–Crippen MR) is 82.5 cm³/mol. The number of carbonyl (C=O) groups is 1. The van der Waals surface area contributed by atoms with Crippen LogP contribution in [0.5, 0.6) is 0 Å². The number of nitrogens with zero attached hydrogens (tertiary/aromatic N) is 2. The lowest BCUT2D eigenvalue weighted by molar-refractivity contribution is -0.122. The molecule has 2 rings (SSSR count). The van der Waals surface area contributed by atoms with Crippen LogP contribution in [-0.2, 0) is 4.79 Å². The Labute approximate surface area is 127 Å². The Bertz CT molecular complexity index is 553. The van der Waals surface area contributed by atoms with Crippen molar-refractivity contribution in [2.24, 2.45) is 0 Å². The molecule has 1 heterocycles. The predicted octanol–water partition coefficient (Wildman–Crippen LogP) is 2.75. The van der Waals surface area contributed by atoms with Crippen LogP contribution in [0.3, 0.4) is 0 Å². The second-order valence-corrected chi connectivity index (χ2v) is 6.06. The van der Waals surface area contributed by atoms with Gasteiger partial charge in [-0.1, -0.05) is 15.9 Å². The number of aryl methyl sites for hydroxylation is 1. The first kappa shape index (κ1) is 14.9. The summed E-state index contributed by atoms with van der Waals surface area (Å²) in [7, 11) is 0. The van der Waals surface area contributed by atoms with Crippen molar-refractivity contribution in [2.45, 2.75) is 38.8 Å². The van der Waals surface area contributed by atoms with Crippen LogP contribution in [0.2, 0.25) is 0 Å². The first-order valence-electron chi connectivity index (χ1n) is 6.73. The maximum absolute atomic E-state index is 12.2. The molecular formula is C15H18BrN3O. The van der Waals surface area contributed by atoms with Crippen molar-refractivity contribution in [2.75, 3.05) is 11.4 Å². The zero-order chi connectivity index (χ0) is 14.7. The van der Waals surface area contributed by atoms with Crippen molar-refractivity contribution in [3.63, 3.8) is 0 Å². The van der Waals surface area contributed by atoms with Gasteiger partial charge in [-0.2, -0.15) is 5.26 Å². The van der Waals surface area contributed by atoms with Crippen molar-refractivity contribution in [3.05, 3.63) is 28.2 Å². The molecule has 2 atom stereocenters. The van der Waals surface area contributed by atoms with Gasteiger partial charge < -0.3 is 10.2 Å². The Morgan fingerprint density at radius 3 is 2.95 bits per heavy atom. The fourth-order valence-electron chi connectivity index (χ4n) is 2.69. The van der Waals surface area contributed by atoms with E-state index in [1.807, 2.05) is 25.1 Å². The monoisotopic (exact) mass is 335 g/mol. The van der Waals surface area contributed by atoms with E-state index in [2.05, 4.69) is 39.1 Å². The molecule has 1 N–H and O–H groups in total. The molecule has 0 radical (unpaired) electrons. The molecular weight excluding hydrogens is 318 g/mol. The van der Waals surface area contributed by atoms with Gasteiger partial charge in [0.05, 0.1) is 12.5 Å². The van der Waals surface area contributed by atoms with E-state index in [-0.39, 0.29) is 18.4 Å². The van der Waals surface area contributed by atoms with Gasteiger partial charge in [-0.25, -0.2) is 0 Å². The molecule has 4 nitrogen and oxygen atoms in total. The van der Waals surface area contributed by atoms with Crippen LogP contribution in [0.1, 0.15) is 25.3 Å². The van der Waals surface area contributed by atoms with E-state index in [1.54, 1.807) is 0 Å². The van der Waals surface area contributed by atoms with E-state index < -0.39 is 6.04 Å². The first-order valence-corrected chi connectivity index (χ1v) is 7.53. The van der Waals surface area contributed by atoms with Crippen molar-refractivity contribution in [1.29, 1.82) is 5.26 Å². The lowest BCUT2D eigenvalue weighted by Gasteiger charge is -2.35. The summed E-state index contributed by atoms with van der Waals surface area (Å²) in [5.41, 5.74) is 2.13. The Hall–Kier alpha value is -1.54. The van der Waals surface area contributed by atoms with Gasteiger partial charge in [0.15, 0.2) is 0 Å². The lowest BCUT2D eigenvalue weighted by Crippen LogP contribution is -2.47. The molecule has 1 fully saturated rings. The molecule has 1 aromatic carbocycles. The third-order valence-corrected chi connectivity index (χ3v) is 4.19. The van der Waals surface area contributed by atoms with Crippen molar-refractivity contribution < 1.29 is 4.79 Å². The van der Waals surface area contributed by atoms with Crippen LogP contribution in [-0.4, -0.2) is 24.5 Å². The summed E-state index contributed by atoms with van der Waals surface area (Å²) in [6, 6.07) is 7.95. The number of rotatable bonds is 2. The van der Waals surface area contributed by atoms with E-state index in [0.717, 1.165) is 22.1 Å². The van der Waals surface area contributed by atoms with E-state index in [9.17, 15) is 4.79 Å². The number of amides is 1. The number of benzene rings is 1. The third kappa shape index (κ3) is 2.96. The standard InChI is InChI=1S/C15H18BrN3O/c1-10-9-12(16)3-4-13(10)19-11(2)6-8-18-15(20)14(19)5-7-17/h3-4,9,11,14H,5-6,8H2,1-2H3,(H,18,20). The molecule has 5 heteroatoms. The van der Waals surface area contributed by atoms with E-state index in [1.165, 1.54) is 0 Å². The van der Waals surface area contributed by atoms with Gasteiger partial charge in [-0.05, 0) is 44.0 Å². The molecule has 1 aromatic rings. The van der Waals surface area contributed by atoms with Crippen LogP contribution in [0.15, 0.2) is 22.7 Å². The van der Waals surface area contributed by atoms with Crippen LogP contribution in [0, 0.1) is 18.3 Å². The van der Waals surface area contributed by atoms with E-state index >= 15 is 0 Å². The molecule has 1 saturated heterocycles. The first-order chi connectivity index (χ1) is 9.54. The molecule has 20 heavy (non-hydrogen) atoms. The molecule has 106 valence electrons. The maximum atomic E-state index is 12.2. The number of anilines is 1. The molecule has 0 aromatic heterocycles. The smallest absolute Gasteiger partial charge is 0.243 e. The van der Waals surface area contributed by atoms with Gasteiger partial charge in [0, 0.05) is 22.7 Å². The third-order valence-electron chi connectivity index (χ3n) is 3.70. The lowest BCUT2D eigenvalue weighted by atomic mass is 10.0. The van der Waals surface area contributed by atoms with Crippen LogP contribution >= 0.6 is 15.9 Å². The quantitative estimate of drug-likeness (QED) is 0.904. The molecule has 1 aliphatic rings. The summed E-state index contributed by atoms with van der Waals surface area (Å²) in [5, 5.41) is 11.9. The summed E-state index contributed by atoms with van der Waals surface area (Å²) < 4.78 is 1.02. The highest BCUT2D eigenvalue weighted by Crippen LogP contribution is 2.29. The van der Waals surface area contributed by atoms with Crippen molar-refractivity contribution >= 4 is 27.5 Å². The van der Waals surface area contributed by atoms with Gasteiger partial charge in [-0.3, -0.25) is 4.79 Å². The fraction of sp³-hybridized carbons (Fsp3) is 0.467. The Balaban J connectivity index is 2.46. The highest BCUT2D eigenvalue weighted by atomic mass is 79.9. The normalized spacial score (nSPS) is 22.9. The topological polar surface area (TPSA) is 56.1 Å². The average Bonchev–Trinajstić information content (AvgIpc) is 2.52. The van der Waals surface area contributed by atoms with E-state index in [4.69, 9.17) is 5.26 Å². The SMILES string of the molecule is Cc1cc(Br)ccc1N1C(C)CCNC(=O)C1CC#N. The molecule has 2 unspecified atom stereocenters. The number of nitriles is 1. The maximum Gasteiger partial charge on any atom is 0.243 e. The van der Waals surface area contributed by atoms with Crippen molar-refractivity contribution in [1.82, 2.24) is 5.32 Å². The summed E-state index contributed by atoms with van der Waals surface area (Å²) in [4.78, 5) is 14.3.